The highest BCUT2D eigenvalue weighted by atomic mass is 16.2. The van der Waals surface area contributed by atoms with Crippen molar-refractivity contribution < 1.29 is 24.0 Å². The van der Waals surface area contributed by atoms with Crippen molar-refractivity contribution >= 4 is 40.3 Å². The maximum atomic E-state index is 13.8. The summed E-state index contributed by atoms with van der Waals surface area (Å²) < 4.78 is 0. The quantitative estimate of drug-likeness (QED) is 0.260. The predicted molar refractivity (Wildman–Crippen MR) is 158 cm³/mol. The third-order valence-corrected chi connectivity index (χ3v) is 9.16. The maximum absolute atomic E-state index is 13.8. The third-order valence-electron chi connectivity index (χ3n) is 9.16. The van der Waals surface area contributed by atoms with Gasteiger partial charge in [-0.05, 0) is 56.6 Å². The summed E-state index contributed by atoms with van der Waals surface area (Å²) in [6.07, 6.45) is 10.7. The SMILES string of the molecule is O=C(NC1CCCCC1)C(=O)[C@H](C[C@@H]1CCCNC1=O)NC(=O)[C@H](CC1CCCC1)NC(=O)c1cc2ccccc2[nH]1. The highest BCUT2D eigenvalue weighted by Gasteiger charge is 2.36. The normalized spacial score (nSPS) is 21.3. The summed E-state index contributed by atoms with van der Waals surface area (Å²) in [7, 11) is 0. The fourth-order valence-corrected chi connectivity index (χ4v) is 6.75. The minimum Gasteiger partial charge on any atom is -0.356 e. The summed E-state index contributed by atoms with van der Waals surface area (Å²) >= 11 is 0. The second kappa shape index (κ2) is 14.0. The molecule has 1 aliphatic heterocycles. The average molecular weight is 578 g/mol. The van der Waals surface area contributed by atoms with Gasteiger partial charge in [0.2, 0.25) is 17.6 Å². The van der Waals surface area contributed by atoms with Gasteiger partial charge >= 0.3 is 0 Å². The van der Waals surface area contributed by atoms with E-state index in [1.54, 1.807) is 6.07 Å². The standard InChI is InChI=1S/C32H43N5O5/c38-28(32(42)34-23-13-2-1-3-14-23)25(19-22-12-8-16-33-29(22)39)36-30(40)26(17-20-9-4-5-10-20)37-31(41)27-18-21-11-6-7-15-24(21)35-27/h6-7,11,15,18,20,22-23,25-26,35H,1-5,8-10,12-14,16-17,19H2,(H,33,39)(H,34,42)(H,36,40)(H,37,41)/t22-,25-,26-/m0/s1. The van der Waals surface area contributed by atoms with Crippen LogP contribution in [0.25, 0.3) is 10.9 Å². The van der Waals surface area contributed by atoms with Crippen molar-refractivity contribution in [3.05, 3.63) is 36.0 Å². The van der Waals surface area contributed by atoms with Crippen LogP contribution in [0.3, 0.4) is 0 Å². The largest absolute Gasteiger partial charge is 0.356 e. The molecule has 3 fully saturated rings. The summed E-state index contributed by atoms with van der Waals surface area (Å²) in [6.45, 7) is 0.575. The Hall–Kier alpha value is -3.69. The molecule has 0 spiro atoms. The molecule has 5 rings (SSSR count). The van der Waals surface area contributed by atoms with Crippen molar-refractivity contribution in [3.63, 3.8) is 0 Å². The van der Waals surface area contributed by atoms with Crippen LogP contribution in [0.4, 0.5) is 0 Å². The molecule has 2 saturated carbocycles. The van der Waals surface area contributed by atoms with E-state index in [0.29, 0.717) is 25.1 Å². The zero-order valence-corrected chi connectivity index (χ0v) is 24.2. The van der Waals surface area contributed by atoms with Gasteiger partial charge in [0.15, 0.2) is 0 Å². The summed E-state index contributed by atoms with van der Waals surface area (Å²) in [5.41, 5.74) is 1.17. The second-order valence-corrected chi connectivity index (χ2v) is 12.3. The number of aromatic amines is 1. The van der Waals surface area contributed by atoms with Crippen LogP contribution in [-0.4, -0.2) is 59.1 Å². The van der Waals surface area contributed by atoms with E-state index in [0.717, 1.165) is 75.1 Å². The number of para-hydroxylation sites is 1. The second-order valence-electron chi connectivity index (χ2n) is 12.3. The number of ketones is 1. The molecule has 0 unspecified atom stereocenters. The van der Waals surface area contributed by atoms with Crippen LogP contribution >= 0.6 is 0 Å². The number of carbonyl (C=O) groups is 5. The Bertz CT molecular complexity index is 1260. The number of hydrogen-bond acceptors (Lipinski definition) is 5. The lowest BCUT2D eigenvalue weighted by atomic mass is 9.89. The summed E-state index contributed by atoms with van der Waals surface area (Å²) in [4.78, 5) is 69.3. The molecule has 4 amide bonds. The number of hydrogen-bond donors (Lipinski definition) is 5. The highest BCUT2D eigenvalue weighted by molar-refractivity contribution is 6.38. The minimum absolute atomic E-state index is 0.0423. The van der Waals surface area contributed by atoms with Crippen LogP contribution in [0.15, 0.2) is 30.3 Å². The minimum atomic E-state index is -1.16. The van der Waals surface area contributed by atoms with E-state index < -0.39 is 41.5 Å². The predicted octanol–water partition coefficient (Wildman–Crippen LogP) is 3.27. The number of piperidine rings is 1. The van der Waals surface area contributed by atoms with Crippen molar-refractivity contribution in [3.8, 4) is 0 Å². The van der Waals surface area contributed by atoms with Gasteiger partial charge in [0.1, 0.15) is 11.7 Å². The number of nitrogens with one attached hydrogen (secondary N) is 5. The van der Waals surface area contributed by atoms with Crippen LogP contribution in [0.2, 0.25) is 0 Å². The molecule has 3 atom stereocenters. The molecule has 1 aromatic heterocycles. The Balaban J connectivity index is 1.32. The summed E-state index contributed by atoms with van der Waals surface area (Å²) in [5, 5.41) is 12.3. The molecule has 2 heterocycles. The van der Waals surface area contributed by atoms with Gasteiger partial charge in [-0.3, -0.25) is 24.0 Å². The van der Waals surface area contributed by atoms with E-state index in [2.05, 4.69) is 26.3 Å². The van der Waals surface area contributed by atoms with Gasteiger partial charge in [0.25, 0.3) is 11.8 Å². The summed E-state index contributed by atoms with van der Waals surface area (Å²) in [6, 6.07) is 7.20. The average Bonchev–Trinajstić information content (AvgIpc) is 3.68. The van der Waals surface area contributed by atoms with E-state index in [4.69, 9.17) is 0 Å². The molecule has 5 N–H and O–H groups in total. The molecule has 42 heavy (non-hydrogen) atoms. The number of H-pyrrole nitrogens is 1. The van der Waals surface area contributed by atoms with Crippen molar-refractivity contribution in [1.82, 2.24) is 26.3 Å². The Labute approximate surface area is 246 Å². The van der Waals surface area contributed by atoms with Crippen LogP contribution in [0.5, 0.6) is 0 Å². The molecule has 3 aliphatic rings. The van der Waals surface area contributed by atoms with Crippen LogP contribution in [0, 0.1) is 11.8 Å². The number of carbonyl (C=O) groups excluding carboxylic acids is 5. The fraction of sp³-hybridized carbons (Fsp3) is 0.594. The molecule has 0 radical (unpaired) electrons. The topological polar surface area (TPSA) is 149 Å². The van der Waals surface area contributed by atoms with Crippen LogP contribution in [0.1, 0.15) is 94.0 Å². The first-order valence-electron chi connectivity index (χ1n) is 15.7. The molecule has 2 aromatic rings. The lowest BCUT2D eigenvalue weighted by Crippen LogP contribution is -2.56. The van der Waals surface area contributed by atoms with Crippen LogP contribution < -0.4 is 21.3 Å². The van der Waals surface area contributed by atoms with Crippen molar-refractivity contribution in [2.75, 3.05) is 6.54 Å². The van der Waals surface area contributed by atoms with Crippen LogP contribution in [-0.2, 0) is 19.2 Å². The third kappa shape index (κ3) is 7.57. The molecule has 226 valence electrons. The highest BCUT2D eigenvalue weighted by Crippen LogP contribution is 2.29. The molecular weight excluding hydrogens is 534 g/mol. The van der Waals surface area contributed by atoms with Gasteiger partial charge in [-0.2, -0.15) is 0 Å². The Morgan fingerprint density at radius 3 is 2.31 bits per heavy atom. The molecule has 1 saturated heterocycles. The van der Waals surface area contributed by atoms with E-state index in [9.17, 15) is 24.0 Å². The lowest BCUT2D eigenvalue weighted by Gasteiger charge is -2.29. The van der Waals surface area contributed by atoms with E-state index in [-0.39, 0.29) is 24.3 Å². The van der Waals surface area contributed by atoms with Gasteiger partial charge < -0.3 is 26.3 Å². The van der Waals surface area contributed by atoms with Gasteiger partial charge in [-0.25, -0.2) is 0 Å². The zero-order valence-electron chi connectivity index (χ0n) is 24.2. The molecular formula is C32H43N5O5. The molecule has 2 aliphatic carbocycles. The fourth-order valence-electron chi connectivity index (χ4n) is 6.75. The maximum Gasteiger partial charge on any atom is 0.289 e. The number of benzene rings is 1. The van der Waals surface area contributed by atoms with E-state index in [1.807, 2.05) is 24.3 Å². The molecule has 0 bridgehead atoms. The van der Waals surface area contributed by atoms with Crippen molar-refractivity contribution in [1.29, 1.82) is 0 Å². The smallest absolute Gasteiger partial charge is 0.289 e. The van der Waals surface area contributed by atoms with Gasteiger partial charge in [-0.15, -0.1) is 0 Å². The first-order valence-corrected chi connectivity index (χ1v) is 15.7. The Morgan fingerprint density at radius 2 is 1.57 bits per heavy atom. The summed E-state index contributed by atoms with van der Waals surface area (Å²) in [5.74, 6) is -2.76. The van der Waals surface area contributed by atoms with E-state index >= 15 is 0 Å². The number of Topliss-reactive ketones (excluding diaryl/α,β-unsaturated/α-hetero) is 1. The monoisotopic (exact) mass is 577 g/mol. The zero-order chi connectivity index (χ0) is 29.5. The van der Waals surface area contributed by atoms with Gasteiger partial charge in [-0.1, -0.05) is 63.1 Å². The van der Waals surface area contributed by atoms with Gasteiger partial charge in [0.05, 0.1) is 6.04 Å². The van der Waals surface area contributed by atoms with E-state index in [1.165, 1.54) is 0 Å². The number of amides is 4. The Morgan fingerprint density at radius 1 is 0.833 bits per heavy atom. The molecule has 10 nitrogen and oxygen atoms in total. The van der Waals surface area contributed by atoms with Crippen molar-refractivity contribution in [2.24, 2.45) is 11.8 Å². The lowest BCUT2D eigenvalue weighted by molar-refractivity contribution is -0.141. The number of rotatable bonds is 11. The first kappa shape index (κ1) is 29.8. The number of fused-ring (bicyclic) bond motifs is 1. The van der Waals surface area contributed by atoms with Gasteiger partial charge in [0, 0.05) is 29.4 Å². The molecule has 10 heteroatoms. The number of aromatic nitrogens is 1. The van der Waals surface area contributed by atoms with Crippen molar-refractivity contribution in [2.45, 2.75) is 102 Å². The Kier molecular flexibility index (Phi) is 9.92. The molecule has 1 aromatic carbocycles. The first-order chi connectivity index (χ1) is 20.4.